The fourth-order valence-electron chi connectivity index (χ4n) is 2.98. The molecule has 221 valence electrons. The first kappa shape index (κ1) is 41.8. The van der Waals surface area contributed by atoms with Gasteiger partial charge in [0.2, 0.25) is 0 Å². The number of rotatable bonds is 9. The maximum absolute atomic E-state index is 14.1. The molecule has 0 saturated heterocycles. The molecule has 2 aromatic carbocycles. The minimum atomic E-state index is -2.92. The Bertz CT molecular complexity index is 895. The maximum atomic E-state index is 14.1. The molecule has 0 spiro atoms. The molecule has 0 fully saturated rings. The van der Waals surface area contributed by atoms with Gasteiger partial charge in [0.15, 0.2) is 0 Å². The van der Waals surface area contributed by atoms with Gasteiger partial charge in [-0.2, -0.15) is 0 Å². The van der Waals surface area contributed by atoms with Gasteiger partial charge in [-0.3, -0.25) is 0 Å². The van der Waals surface area contributed by atoms with Crippen molar-refractivity contribution in [3.63, 3.8) is 0 Å². The van der Waals surface area contributed by atoms with Crippen LogP contribution in [0.5, 0.6) is 0 Å². The van der Waals surface area contributed by atoms with E-state index in [1.54, 1.807) is 6.07 Å². The van der Waals surface area contributed by atoms with Crippen molar-refractivity contribution in [1.82, 2.24) is 0 Å². The predicted molar refractivity (Wildman–Crippen MR) is 170 cm³/mol. The quantitative estimate of drug-likeness (QED) is 0.158. The molecular formula is C36H57F2V-. The summed E-state index contributed by atoms with van der Waals surface area (Å²) in [5.74, 6) is 3.56. The van der Waals surface area contributed by atoms with E-state index in [-0.39, 0.29) is 13.0 Å². The largest absolute Gasteiger partial charge is 0.358 e. The summed E-state index contributed by atoms with van der Waals surface area (Å²) >= 11 is 2.48. The van der Waals surface area contributed by atoms with Crippen molar-refractivity contribution in [2.45, 2.75) is 126 Å². The van der Waals surface area contributed by atoms with Gasteiger partial charge in [-0.25, -0.2) is 0 Å². The van der Waals surface area contributed by atoms with Gasteiger partial charge in [-0.05, 0) is 0 Å². The van der Waals surface area contributed by atoms with Crippen LogP contribution in [0.15, 0.2) is 48.5 Å². The third-order valence-electron chi connectivity index (χ3n) is 5.70. The number of unbranched alkanes of at least 4 members (excludes halogenated alkanes) is 5. The van der Waals surface area contributed by atoms with Crippen molar-refractivity contribution in [3.05, 3.63) is 67.1 Å². The van der Waals surface area contributed by atoms with E-state index < -0.39 is 5.92 Å². The van der Waals surface area contributed by atoms with Gasteiger partial charge in [0.05, 0.1) is 0 Å². The van der Waals surface area contributed by atoms with Crippen LogP contribution >= 0.6 is 0 Å². The molecule has 0 aliphatic heterocycles. The summed E-state index contributed by atoms with van der Waals surface area (Å²) in [6.45, 7) is 18.2. The van der Waals surface area contributed by atoms with Crippen molar-refractivity contribution in [2.24, 2.45) is 5.92 Å². The average Bonchev–Trinajstić information content (AvgIpc) is 2.92. The Morgan fingerprint density at radius 1 is 0.821 bits per heavy atom. The summed E-state index contributed by atoms with van der Waals surface area (Å²) in [4.78, 5) is 0. The van der Waals surface area contributed by atoms with Crippen molar-refractivity contribution >= 4 is 4.23 Å². The minimum Gasteiger partial charge on any atom is -0.358 e. The van der Waals surface area contributed by atoms with Crippen molar-refractivity contribution < 1.29 is 25.8 Å². The zero-order chi connectivity index (χ0) is 29.4. The summed E-state index contributed by atoms with van der Waals surface area (Å²) in [6.07, 6.45) is 11.9. The molecule has 2 aromatic rings. The van der Waals surface area contributed by atoms with Crippen LogP contribution in [0, 0.1) is 25.2 Å². The van der Waals surface area contributed by atoms with Gasteiger partial charge in [0.25, 0.3) is 0 Å². The molecule has 0 bridgehead atoms. The van der Waals surface area contributed by atoms with E-state index in [1.165, 1.54) is 57.4 Å². The molecule has 3 heteroatoms. The molecule has 0 saturated carbocycles. The first-order chi connectivity index (χ1) is 18.1. The second-order valence-electron chi connectivity index (χ2n) is 9.73. The SMILES string of the molecule is CCC.CCC(C)[C](=[V])C#Cc1ccc(-c2ccccc2)c(C(C)(F)F)c1.CCCC.CCCCCCC.[CH3-]. The third-order valence-corrected chi connectivity index (χ3v) is 6.56. The molecule has 1 unspecified atom stereocenters. The number of hydrogen-bond donors (Lipinski definition) is 0. The van der Waals surface area contributed by atoms with E-state index in [0.717, 1.165) is 23.1 Å². The van der Waals surface area contributed by atoms with Crippen molar-refractivity contribution in [1.29, 1.82) is 0 Å². The van der Waals surface area contributed by atoms with Crippen molar-refractivity contribution in [2.75, 3.05) is 0 Å². The molecule has 0 aliphatic carbocycles. The van der Waals surface area contributed by atoms with Crippen LogP contribution in [0.2, 0.25) is 0 Å². The van der Waals surface area contributed by atoms with Crippen molar-refractivity contribution in [3.8, 4) is 23.0 Å². The topological polar surface area (TPSA) is 0 Å². The summed E-state index contributed by atoms with van der Waals surface area (Å²) < 4.78 is 29.2. The number of benzene rings is 2. The molecule has 0 aromatic heterocycles. The van der Waals surface area contributed by atoms with Gasteiger partial charge >= 0.3 is 152 Å². The summed E-state index contributed by atoms with van der Waals surface area (Å²) in [5.41, 5.74) is 1.95. The molecule has 0 radical (unpaired) electrons. The Morgan fingerprint density at radius 2 is 1.33 bits per heavy atom. The Labute approximate surface area is 251 Å². The van der Waals surface area contributed by atoms with E-state index in [2.05, 4.69) is 84.2 Å². The average molecular weight is 579 g/mol. The van der Waals surface area contributed by atoms with Crippen LogP contribution in [-0.4, -0.2) is 4.23 Å². The Balaban J connectivity index is -0.000000718. The molecule has 39 heavy (non-hydrogen) atoms. The van der Waals surface area contributed by atoms with Crippen LogP contribution < -0.4 is 0 Å². The first-order valence-electron chi connectivity index (χ1n) is 14.7. The second kappa shape index (κ2) is 26.5. The summed E-state index contributed by atoms with van der Waals surface area (Å²) in [7, 11) is 0. The Kier molecular flexibility index (Phi) is 28.4. The second-order valence-corrected chi connectivity index (χ2v) is 10.5. The molecule has 2 rings (SSSR count). The maximum Gasteiger partial charge on any atom is -0.0533 e. The zero-order valence-corrected chi connectivity index (χ0v) is 28.2. The van der Waals surface area contributed by atoms with Crippen LogP contribution in [0.3, 0.4) is 0 Å². The van der Waals surface area contributed by atoms with Gasteiger partial charge in [0, 0.05) is 0 Å². The van der Waals surface area contributed by atoms with E-state index in [0.29, 0.717) is 17.0 Å². The summed E-state index contributed by atoms with van der Waals surface area (Å²) in [5, 5.41) is 0. The zero-order valence-electron chi connectivity index (χ0n) is 26.8. The fraction of sp³-hybridized carbons (Fsp3) is 0.556. The van der Waals surface area contributed by atoms with Gasteiger partial charge in [-0.1, -0.05) is 92.9 Å². The molecule has 1 atom stereocenters. The molecule has 0 N–H and O–H groups in total. The molecule has 0 amide bonds. The minimum absolute atomic E-state index is 0. The van der Waals surface area contributed by atoms with Crippen LogP contribution in [-0.2, 0) is 22.9 Å². The Hall–Kier alpha value is -1.69. The normalized spacial score (nSPS) is 10.4. The number of halogens is 2. The van der Waals surface area contributed by atoms with E-state index in [1.807, 2.05) is 36.4 Å². The fourth-order valence-corrected chi connectivity index (χ4v) is 3.36. The molecule has 0 heterocycles. The molecule has 0 nitrogen and oxygen atoms in total. The number of alkyl halides is 2. The molecule has 0 aliphatic rings. The number of hydrogen-bond acceptors (Lipinski definition) is 0. The van der Waals surface area contributed by atoms with E-state index in [9.17, 15) is 8.78 Å². The third kappa shape index (κ3) is 20.8. The standard InChI is InChI=1S/C21H20F2.C7H16.C4H10.C3H8.CH3.V/c1-4-16(2)9-8-10-17-13-14-19(18-11-6-5-7-12-18)20(15-17)21(3,22)23;1-3-5-7-6-4-2;1-3-4-2;1-3-2;;/h5-7,11-16H,4H2,1-3H3;3-7H2,1-2H3;3-4H2,1-2H3;3H2,1-2H3;1H3;/q;;;;-1;. The van der Waals surface area contributed by atoms with Crippen LogP contribution in [0.1, 0.15) is 131 Å². The Morgan fingerprint density at radius 3 is 1.74 bits per heavy atom. The first-order valence-corrected chi connectivity index (χ1v) is 15.4. The van der Waals surface area contributed by atoms with Gasteiger partial charge in [-0.15, -0.1) is 0 Å². The van der Waals surface area contributed by atoms with E-state index >= 15 is 0 Å². The predicted octanol–water partition coefficient (Wildman–Crippen LogP) is 12.2. The van der Waals surface area contributed by atoms with Crippen LogP contribution in [0.25, 0.3) is 11.1 Å². The summed E-state index contributed by atoms with van der Waals surface area (Å²) in [6, 6.07) is 14.3. The monoisotopic (exact) mass is 578 g/mol. The van der Waals surface area contributed by atoms with Crippen LogP contribution in [0.4, 0.5) is 8.78 Å². The van der Waals surface area contributed by atoms with Gasteiger partial charge in [0.1, 0.15) is 0 Å². The van der Waals surface area contributed by atoms with Gasteiger partial charge < -0.3 is 7.43 Å². The van der Waals surface area contributed by atoms with E-state index in [4.69, 9.17) is 0 Å². The smallest absolute Gasteiger partial charge is 0.0533 e. The molecular weight excluding hydrogens is 521 g/mol.